The van der Waals surface area contributed by atoms with Crippen LogP contribution in [-0.4, -0.2) is 29.6 Å². The van der Waals surface area contributed by atoms with E-state index in [0.717, 1.165) is 31.0 Å². The monoisotopic (exact) mass is 270 g/mol. The van der Waals surface area contributed by atoms with E-state index >= 15 is 0 Å². The number of thioether (sulfide) groups is 1. The van der Waals surface area contributed by atoms with Gasteiger partial charge in [0.1, 0.15) is 10.8 Å². The molecule has 1 heterocycles. The molecule has 2 nitrogen and oxygen atoms in total. The minimum absolute atomic E-state index is 0.234. The van der Waals surface area contributed by atoms with Gasteiger partial charge in [0.2, 0.25) is 0 Å². The summed E-state index contributed by atoms with van der Waals surface area (Å²) in [5.41, 5.74) is 6.73. The normalized spacial score (nSPS) is 16.6. The Labute approximate surface area is 110 Å². The van der Waals surface area contributed by atoms with Gasteiger partial charge in [-0.05, 0) is 30.4 Å². The third-order valence-electron chi connectivity index (χ3n) is 2.80. The Hall–Kier alpha value is -0.810. The van der Waals surface area contributed by atoms with Gasteiger partial charge in [0, 0.05) is 24.4 Å². The molecule has 0 aliphatic carbocycles. The number of benzene rings is 1. The first-order chi connectivity index (χ1) is 8.18. The Bertz CT molecular complexity index is 415. The lowest BCUT2D eigenvalue weighted by atomic mass is 10.1. The van der Waals surface area contributed by atoms with Gasteiger partial charge in [-0.15, -0.1) is 0 Å². The fourth-order valence-corrected chi connectivity index (χ4v) is 2.92. The molecular weight excluding hydrogens is 255 g/mol. The average Bonchev–Trinajstić information content (AvgIpc) is 2.57. The van der Waals surface area contributed by atoms with Gasteiger partial charge in [0.25, 0.3) is 0 Å². The Morgan fingerprint density at radius 1 is 1.35 bits per heavy atom. The van der Waals surface area contributed by atoms with E-state index < -0.39 is 0 Å². The van der Waals surface area contributed by atoms with Crippen LogP contribution in [0.3, 0.4) is 0 Å². The summed E-state index contributed by atoms with van der Waals surface area (Å²) >= 11 is 6.76. The van der Waals surface area contributed by atoms with Gasteiger partial charge >= 0.3 is 0 Å². The van der Waals surface area contributed by atoms with Crippen LogP contribution < -0.4 is 10.6 Å². The van der Waals surface area contributed by atoms with Gasteiger partial charge < -0.3 is 10.6 Å². The number of nitrogens with two attached hydrogens (primary N) is 1. The number of hydrogen-bond acceptors (Lipinski definition) is 3. The van der Waals surface area contributed by atoms with E-state index in [4.69, 9.17) is 18.0 Å². The molecule has 1 aliphatic rings. The number of hydrogen-bond donors (Lipinski definition) is 1. The van der Waals surface area contributed by atoms with Gasteiger partial charge in [0.15, 0.2) is 0 Å². The first kappa shape index (κ1) is 12.6. The van der Waals surface area contributed by atoms with Crippen molar-refractivity contribution in [3.8, 4) is 0 Å². The van der Waals surface area contributed by atoms with Gasteiger partial charge in [0.05, 0.1) is 5.69 Å². The van der Waals surface area contributed by atoms with Crippen LogP contribution in [0, 0.1) is 5.82 Å². The van der Waals surface area contributed by atoms with Crippen molar-refractivity contribution >= 4 is 34.7 Å². The standard InChI is InChI=1S/C12H15FN2S2/c13-10-8-9(12(14)16)2-3-11(10)15-4-1-6-17-7-5-15/h2-3,8H,1,4-7H2,(H2,14,16). The summed E-state index contributed by atoms with van der Waals surface area (Å²) in [7, 11) is 0. The molecule has 5 heteroatoms. The topological polar surface area (TPSA) is 29.3 Å². The lowest BCUT2D eigenvalue weighted by Gasteiger charge is -2.23. The van der Waals surface area contributed by atoms with E-state index in [-0.39, 0.29) is 10.8 Å². The summed E-state index contributed by atoms with van der Waals surface area (Å²) in [4.78, 5) is 2.33. The Kier molecular flexibility index (Phi) is 4.23. The molecule has 0 atom stereocenters. The molecule has 0 unspecified atom stereocenters. The zero-order valence-electron chi connectivity index (χ0n) is 9.49. The molecule has 2 rings (SSSR count). The van der Waals surface area contributed by atoms with Crippen molar-refractivity contribution in [3.63, 3.8) is 0 Å². The predicted molar refractivity (Wildman–Crippen MR) is 76.4 cm³/mol. The number of thiocarbonyl (C=S) groups is 1. The van der Waals surface area contributed by atoms with Gasteiger partial charge in [-0.25, -0.2) is 4.39 Å². The Balaban J connectivity index is 2.22. The van der Waals surface area contributed by atoms with E-state index in [1.54, 1.807) is 12.1 Å². The van der Waals surface area contributed by atoms with Gasteiger partial charge in [-0.3, -0.25) is 0 Å². The van der Waals surface area contributed by atoms with E-state index in [0.29, 0.717) is 11.3 Å². The first-order valence-electron chi connectivity index (χ1n) is 5.60. The van der Waals surface area contributed by atoms with Crippen LogP contribution >= 0.6 is 24.0 Å². The van der Waals surface area contributed by atoms with Crippen molar-refractivity contribution in [2.45, 2.75) is 6.42 Å². The zero-order valence-corrected chi connectivity index (χ0v) is 11.1. The SMILES string of the molecule is NC(=S)c1ccc(N2CCCSCC2)c(F)c1. The average molecular weight is 270 g/mol. The first-order valence-corrected chi connectivity index (χ1v) is 7.17. The highest BCUT2D eigenvalue weighted by atomic mass is 32.2. The molecule has 92 valence electrons. The number of anilines is 1. The van der Waals surface area contributed by atoms with E-state index in [1.807, 2.05) is 11.8 Å². The van der Waals surface area contributed by atoms with Gasteiger partial charge in [-0.1, -0.05) is 12.2 Å². The number of nitrogens with zero attached hydrogens (tertiary/aromatic N) is 1. The molecule has 0 spiro atoms. The second kappa shape index (κ2) is 5.69. The molecule has 1 fully saturated rings. The highest BCUT2D eigenvalue weighted by Crippen LogP contribution is 2.23. The maximum atomic E-state index is 14.0. The summed E-state index contributed by atoms with van der Waals surface area (Å²) in [5.74, 6) is 1.97. The van der Waals surface area contributed by atoms with Crippen molar-refractivity contribution in [1.29, 1.82) is 0 Å². The zero-order chi connectivity index (χ0) is 12.3. The van der Waals surface area contributed by atoms with E-state index in [9.17, 15) is 4.39 Å². The van der Waals surface area contributed by atoms with Crippen LogP contribution in [0.5, 0.6) is 0 Å². The minimum Gasteiger partial charge on any atom is -0.389 e. The molecule has 0 saturated carbocycles. The van der Waals surface area contributed by atoms with Crippen molar-refractivity contribution in [1.82, 2.24) is 0 Å². The molecular formula is C12H15FN2S2. The molecule has 2 N–H and O–H groups in total. The van der Waals surface area contributed by atoms with Crippen LogP contribution in [-0.2, 0) is 0 Å². The van der Waals surface area contributed by atoms with Crippen LogP contribution in [0.2, 0.25) is 0 Å². The summed E-state index contributed by atoms with van der Waals surface area (Å²) in [6.07, 6.45) is 1.10. The van der Waals surface area contributed by atoms with Crippen LogP contribution in [0.15, 0.2) is 18.2 Å². The molecule has 1 aromatic rings. The largest absolute Gasteiger partial charge is 0.389 e. The molecule has 0 bridgehead atoms. The molecule has 17 heavy (non-hydrogen) atoms. The second-order valence-electron chi connectivity index (χ2n) is 3.98. The highest BCUT2D eigenvalue weighted by Gasteiger charge is 2.14. The summed E-state index contributed by atoms with van der Waals surface area (Å²) in [6, 6.07) is 4.99. The maximum absolute atomic E-state index is 14.0. The second-order valence-corrected chi connectivity index (χ2v) is 5.65. The minimum atomic E-state index is -0.234. The fourth-order valence-electron chi connectivity index (χ4n) is 1.90. The smallest absolute Gasteiger partial charge is 0.147 e. The lowest BCUT2D eigenvalue weighted by Crippen LogP contribution is -2.26. The van der Waals surface area contributed by atoms with Crippen molar-refractivity contribution in [2.75, 3.05) is 29.5 Å². The van der Waals surface area contributed by atoms with Gasteiger partial charge in [-0.2, -0.15) is 11.8 Å². The third kappa shape index (κ3) is 3.10. The molecule has 1 saturated heterocycles. The van der Waals surface area contributed by atoms with Crippen molar-refractivity contribution in [3.05, 3.63) is 29.6 Å². The Morgan fingerprint density at radius 2 is 2.18 bits per heavy atom. The summed E-state index contributed by atoms with van der Waals surface area (Å²) < 4.78 is 14.0. The Morgan fingerprint density at radius 3 is 2.88 bits per heavy atom. The summed E-state index contributed by atoms with van der Waals surface area (Å²) in [5, 5.41) is 0. The molecule has 0 aromatic heterocycles. The number of rotatable bonds is 2. The van der Waals surface area contributed by atoms with Crippen LogP contribution in [0.1, 0.15) is 12.0 Å². The van der Waals surface area contributed by atoms with Crippen molar-refractivity contribution in [2.24, 2.45) is 5.73 Å². The maximum Gasteiger partial charge on any atom is 0.147 e. The molecule has 0 amide bonds. The molecule has 1 aromatic carbocycles. The van der Waals surface area contributed by atoms with Crippen LogP contribution in [0.4, 0.5) is 10.1 Å². The molecule has 1 aliphatic heterocycles. The lowest BCUT2D eigenvalue weighted by molar-refractivity contribution is 0.618. The van der Waals surface area contributed by atoms with Crippen LogP contribution in [0.25, 0.3) is 0 Å². The quantitative estimate of drug-likeness (QED) is 0.836. The number of halogens is 1. The summed E-state index contributed by atoms with van der Waals surface area (Å²) in [6.45, 7) is 1.81. The third-order valence-corrected chi connectivity index (χ3v) is 4.08. The van der Waals surface area contributed by atoms with E-state index in [1.165, 1.54) is 6.07 Å². The molecule has 0 radical (unpaired) electrons. The fraction of sp³-hybridized carbons (Fsp3) is 0.417. The van der Waals surface area contributed by atoms with E-state index in [2.05, 4.69) is 4.90 Å². The van der Waals surface area contributed by atoms with Crippen molar-refractivity contribution < 1.29 is 4.39 Å². The highest BCUT2D eigenvalue weighted by molar-refractivity contribution is 7.99. The predicted octanol–water partition coefficient (Wildman–Crippen LogP) is 2.40.